The number of unbranched alkanes of at least 4 members (excludes halogenated alkanes) is 2. The van der Waals surface area contributed by atoms with Crippen molar-refractivity contribution in [1.29, 1.82) is 0 Å². The number of hydrogen-bond donors (Lipinski definition) is 4. The van der Waals surface area contributed by atoms with Gasteiger partial charge >= 0.3 is 6.09 Å². The molecule has 330 valence electrons. The first kappa shape index (κ1) is 45.8. The van der Waals surface area contributed by atoms with Crippen LogP contribution < -0.4 is 4.74 Å². The van der Waals surface area contributed by atoms with Crippen LogP contribution >= 0.6 is 0 Å². The van der Waals surface area contributed by atoms with Gasteiger partial charge in [-0.05, 0) is 72.4 Å². The van der Waals surface area contributed by atoms with E-state index in [9.17, 15) is 25.2 Å². The van der Waals surface area contributed by atoms with E-state index >= 15 is 0 Å². The lowest BCUT2D eigenvalue weighted by Crippen LogP contribution is -2.70. The first-order valence-corrected chi connectivity index (χ1v) is 21.6. The zero-order valence-electron chi connectivity index (χ0n) is 35.0. The molecule has 0 aromatic heterocycles. The van der Waals surface area contributed by atoms with Gasteiger partial charge in [0.05, 0.1) is 51.3 Å². The largest absolute Gasteiger partial charge is 0.508 e. The van der Waals surface area contributed by atoms with E-state index < -0.39 is 23.8 Å². The van der Waals surface area contributed by atoms with Gasteiger partial charge in [0.1, 0.15) is 30.8 Å². The van der Waals surface area contributed by atoms with Crippen LogP contribution in [0.25, 0.3) is 0 Å². The Balaban J connectivity index is 1.46. The molecule has 3 aromatic rings. The predicted octanol–water partition coefficient (Wildman–Crippen LogP) is 6.89. The number of aliphatic hydroxyl groups excluding tert-OH is 3. The molecule has 0 spiro atoms. The van der Waals surface area contributed by atoms with Gasteiger partial charge in [0.25, 0.3) is 0 Å². The number of fused-ring (bicyclic) bond motifs is 2. The zero-order chi connectivity index (χ0) is 42.9. The highest BCUT2D eigenvalue weighted by Crippen LogP contribution is 2.62. The van der Waals surface area contributed by atoms with Crippen LogP contribution in [0.2, 0.25) is 0 Å². The number of carbonyl (C=O) groups is 1. The van der Waals surface area contributed by atoms with Gasteiger partial charge in [-0.25, -0.2) is 4.79 Å². The van der Waals surface area contributed by atoms with Gasteiger partial charge in [-0.3, -0.25) is 4.90 Å². The number of aromatic hydroxyl groups is 1. The van der Waals surface area contributed by atoms with Crippen molar-refractivity contribution in [1.82, 2.24) is 4.90 Å². The number of carbonyl (C=O) groups excluding carboxylic acids is 1. The minimum absolute atomic E-state index is 0.00422. The SMILES string of the molecule is C=CCOC12Oc3ccc(O)cc3C3C(CCCCO)C(CCCCO)C=C(C(=NOCc4ccccc4)CC1N(CCOCCO)C(=O)OCCOCc1ccccc1)C32. The molecule has 61 heavy (non-hydrogen) atoms. The molecule has 6 unspecified atom stereocenters. The molecule has 4 N–H and O–H groups in total. The molecule has 6 rings (SSSR count). The van der Waals surface area contributed by atoms with Crippen LogP contribution in [0.5, 0.6) is 11.5 Å². The number of allylic oxidation sites excluding steroid dienone is 1. The highest BCUT2D eigenvalue weighted by Gasteiger charge is 2.65. The minimum atomic E-state index is -1.52. The fraction of sp³-hybridized carbons (Fsp3) is 0.500. The molecule has 13 heteroatoms. The van der Waals surface area contributed by atoms with Crippen LogP contribution in [0.3, 0.4) is 0 Å². The van der Waals surface area contributed by atoms with E-state index in [1.54, 1.807) is 29.2 Å². The summed E-state index contributed by atoms with van der Waals surface area (Å²) in [4.78, 5) is 22.3. The first-order valence-electron chi connectivity index (χ1n) is 21.6. The van der Waals surface area contributed by atoms with Crippen molar-refractivity contribution in [3.05, 3.63) is 120 Å². The summed E-state index contributed by atoms with van der Waals surface area (Å²) in [5.74, 6) is -1.72. The lowest BCUT2D eigenvalue weighted by Gasteiger charge is -2.59. The Morgan fingerprint density at radius 1 is 0.852 bits per heavy atom. The molecule has 1 heterocycles. The molecule has 2 aliphatic carbocycles. The van der Waals surface area contributed by atoms with E-state index in [-0.39, 0.29) is 95.9 Å². The first-order chi connectivity index (χ1) is 29.9. The maximum absolute atomic E-state index is 14.6. The number of hydrogen-bond acceptors (Lipinski definition) is 12. The molecule has 3 aliphatic rings. The Morgan fingerprint density at radius 2 is 1.57 bits per heavy atom. The Labute approximate surface area is 359 Å². The number of amides is 1. The van der Waals surface area contributed by atoms with E-state index in [4.69, 9.17) is 33.7 Å². The van der Waals surface area contributed by atoms with Gasteiger partial charge in [-0.2, -0.15) is 0 Å². The van der Waals surface area contributed by atoms with Gasteiger partial charge in [0.15, 0.2) is 0 Å². The number of ether oxygens (including phenoxy) is 5. The Bertz CT molecular complexity index is 1880. The summed E-state index contributed by atoms with van der Waals surface area (Å²) >= 11 is 0. The molecule has 0 bridgehead atoms. The standard InChI is InChI=1S/C48H62N2O11/c1-2-25-59-48-44(50(21-26-56-27-24-53)47(55)58-29-28-57-33-35-13-5-3-6-14-35)32-42(49-60-34-36-15-7-4-8-16-36)40-30-37(17-9-11-22-51)39(18-10-12-23-52)45(46(40)48)41-31-38(54)19-20-43(41)61-48/h2-8,13-16,19-20,30-31,37,39,44-46,51-54H,1,9-12,17-18,21-29,32-34H2. The van der Waals surface area contributed by atoms with Crippen molar-refractivity contribution in [3.63, 3.8) is 0 Å². The fourth-order valence-electron chi connectivity index (χ4n) is 9.16. The number of phenols is 1. The minimum Gasteiger partial charge on any atom is -0.508 e. The summed E-state index contributed by atoms with van der Waals surface area (Å²) in [6.07, 6.45) is 7.83. The zero-order valence-corrected chi connectivity index (χ0v) is 35.0. The van der Waals surface area contributed by atoms with Crippen molar-refractivity contribution in [2.45, 2.75) is 75.9 Å². The van der Waals surface area contributed by atoms with Crippen molar-refractivity contribution < 1.29 is 53.7 Å². The van der Waals surface area contributed by atoms with Crippen molar-refractivity contribution in [2.24, 2.45) is 22.9 Å². The third-order valence-corrected chi connectivity index (χ3v) is 11.8. The van der Waals surface area contributed by atoms with Gasteiger partial charge in [-0.1, -0.05) is 90.8 Å². The molecule has 3 aromatic carbocycles. The molecular weight excluding hydrogens is 781 g/mol. The normalized spacial score (nSPS) is 23.3. The Kier molecular flexibility index (Phi) is 17.6. The number of phenolic OH excluding ortho intramolecular Hbond substituents is 1. The number of nitrogens with zero attached hydrogens (tertiary/aromatic N) is 2. The van der Waals surface area contributed by atoms with Crippen LogP contribution in [0.4, 0.5) is 4.79 Å². The van der Waals surface area contributed by atoms with E-state index in [0.29, 0.717) is 30.9 Å². The maximum atomic E-state index is 14.6. The highest BCUT2D eigenvalue weighted by molar-refractivity contribution is 6.03. The maximum Gasteiger partial charge on any atom is 0.410 e. The van der Waals surface area contributed by atoms with Crippen LogP contribution in [0.1, 0.15) is 67.6 Å². The molecule has 13 nitrogen and oxygen atoms in total. The molecule has 0 radical (unpaired) electrons. The summed E-state index contributed by atoms with van der Waals surface area (Å²) in [7, 11) is 0. The third-order valence-electron chi connectivity index (χ3n) is 11.8. The third kappa shape index (κ3) is 11.6. The van der Waals surface area contributed by atoms with E-state index in [2.05, 4.69) is 12.7 Å². The highest BCUT2D eigenvalue weighted by atomic mass is 16.7. The van der Waals surface area contributed by atoms with Crippen molar-refractivity contribution in [3.8, 4) is 11.5 Å². The van der Waals surface area contributed by atoms with Gasteiger partial charge in [0, 0.05) is 37.7 Å². The molecule has 1 amide bonds. The fourth-order valence-corrected chi connectivity index (χ4v) is 9.16. The number of benzene rings is 3. The van der Waals surface area contributed by atoms with Crippen LogP contribution in [0.15, 0.2) is 108 Å². The van der Waals surface area contributed by atoms with Crippen LogP contribution in [0, 0.1) is 17.8 Å². The molecule has 1 aliphatic heterocycles. The van der Waals surface area contributed by atoms with Gasteiger partial charge in [-0.15, -0.1) is 6.58 Å². The van der Waals surface area contributed by atoms with E-state index in [1.807, 2.05) is 60.7 Å². The Morgan fingerprint density at radius 3 is 2.28 bits per heavy atom. The smallest absolute Gasteiger partial charge is 0.410 e. The monoisotopic (exact) mass is 842 g/mol. The lowest BCUT2D eigenvalue weighted by atomic mass is 9.55. The average molecular weight is 843 g/mol. The van der Waals surface area contributed by atoms with E-state index in [1.165, 1.54) is 0 Å². The number of aliphatic hydroxyl groups is 3. The summed E-state index contributed by atoms with van der Waals surface area (Å²) in [5.41, 5.74) is 4.26. The van der Waals surface area contributed by atoms with Crippen LogP contribution in [-0.4, -0.2) is 108 Å². The average Bonchev–Trinajstić information content (AvgIpc) is 3.28. The second kappa shape index (κ2) is 23.5. The number of rotatable bonds is 25. The number of oxime groups is 1. The molecule has 1 saturated carbocycles. The Hall–Kier alpha value is -4.76. The topological polar surface area (TPSA) is 169 Å². The second-order valence-corrected chi connectivity index (χ2v) is 15.7. The summed E-state index contributed by atoms with van der Waals surface area (Å²) in [5, 5.41) is 45.1. The second-order valence-electron chi connectivity index (χ2n) is 15.7. The lowest BCUT2D eigenvalue weighted by molar-refractivity contribution is -0.256. The molecular formula is C48H62N2O11. The quantitative estimate of drug-likeness (QED) is 0.0398. The molecule has 0 saturated heterocycles. The van der Waals surface area contributed by atoms with Gasteiger partial charge < -0.3 is 48.9 Å². The van der Waals surface area contributed by atoms with Crippen LogP contribution in [-0.2, 0) is 37.0 Å². The predicted molar refractivity (Wildman–Crippen MR) is 230 cm³/mol. The van der Waals surface area contributed by atoms with E-state index in [0.717, 1.165) is 47.9 Å². The molecule has 6 atom stereocenters. The molecule has 1 fully saturated rings. The van der Waals surface area contributed by atoms with Crippen molar-refractivity contribution >= 4 is 11.8 Å². The summed E-state index contributed by atoms with van der Waals surface area (Å²) < 4.78 is 31.7. The van der Waals surface area contributed by atoms with Gasteiger partial charge in [0.2, 0.25) is 5.79 Å². The summed E-state index contributed by atoms with van der Waals surface area (Å²) in [6.45, 7) is 5.00. The van der Waals surface area contributed by atoms with Crippen molar-refractivity contribution in [2.75, 3.05) is 59.4 Å². The summed E-state index contributed by atoms with van der Waals surface area (Å²) in [6, 6.07) is 23.8.